The summed E-state index contributed by atoms with van der Waals surface area (Å²) >= 11 is 0. The molecular weight excluding hydrogens is 312 g/mol. The van der Waals surface area contributed by atoms with E-state index in [4.69, 9.17) is 9.72 Å². The van der Waals surface area contributed by atoms with E-state index >= 15 is 0 Å². The molecule has 0 N–H and O–H groups in total. The van der Waals surface area contributed by atoms with E-state index in [9.17, 15) is 4.79 Å². The van der Waals surface area contributed by atoms with Crippen molar-refractivity contribution < 1.29 is 9.53 Å². The Kier molecular flexibility index (Phi) is 4.10. The van der Waals surface area contributed by atoms with E-state index < -0.39 is 0 Å². The Morgan fingerprint density at radius 1 is 1.16 bits per heavy atom. The van der Waals surface area contributed by atoms with Crippen LogP contribution in [-0.2, 0) is 17.6 Å². The van der Waals surface area contributed by atoms with Crippen molar-refractivity contribution in [2.24, 2.45) is 0 Å². The molecule has 0 atom stereocenters. The van der Waals surface area contributed by atoms with Crippen molar-refractivity contribution in [1.29, 1.82) is 0 Å². The van der Waals surface area contributed by atoms with Crippen LogP contribution in [0.25, 0.3) is 10.9 Å². The number of aryl methyl sites for hydroxylation is 1. The smallest absolute Gasteiger partial charge is 0.228 e. The lowest BCUT2D eigenvalue weighted by Gasteiger charge is -2.17. The number of carbonyl (C=O) groups excluding carboxylic acids is 1. The molecule has 1 amide bonds. The van der Waals surface area contributed by atoms with Gasteiger partial charge in [0.15, 0.2) is 0 Å². The number of hydrogen-bond acceptors (Lipinski definition) is 3. The topological polar surface area (TPSA) is 42.4 Å². The Hall–Kier alpha value is -2.88. The molecule has 0 unspecified atom stereocenters. The van der Waals surface area contributed by atoms with Crippen LogP contribution < -0.4 is 9.64 Å². The fourth-order valence-corrected chi connectivity index (χ4v) is 3.40. The number of pyridine rings is 1. The molecule has 4 nitrogen and oxygen atoms in total. The lowest BCUT2D eigenvalue weighted by molar-refractivity contribution is -0.118. The molecule has 3 aromatic rings. The summed E-state index contributed by atoms with van der Waals surface area (Å²) in [6.45, 7) is 0.703. The van der Waals surface area contributed by atoms with Gasteiger partial charge in [-0.2, -0.15) is 0 Å². The van der Waals surface area contributed by atoms with Crippen LogP contribution in [0.2, 0.25) is 0 Å². The number of carbonyl (C=O) groups is 1. The van der Waals surface area contributed by atoms with E-state index in [2.05, 4.69) is 18.2 Å². The summed E-state index contributed by atoms with van der Waals surface area (Å²) in [5.41, 5.74) is 3.13. The molecule has 1 aliphatic rings. The highest BCUT2D eigenvalue weighted by Crippen LogP contribution is 2.33. The first-order chi connectivity index (χ1) is 12.3. The average Bonchev–Trinajstić information content (AvgIpc) is 3.07. The van der Waals surface area contributed by atoms with E-state index in [0.717, 1.165) is 40.9 Å². The summed E-state index contributed by atoms with van der Waals surface area (Å²) in [5, 5.41) is 1.05. The zero-order chi connectivity index (χ0) is 17.2. The van der Waals surface area contributed by atoms with Gasteiger partial charge in [-0.1, -0.05) is 42.5 Å². The number of fused-ring (bicyclic) bond motifs is 2. The summed E-state index contributed by atoms with van der Waals surface area (Å²) < 4.78 is 5.42. The van der Waals surface area contributed by atoms with E-state index in [1.165, 1.54) is 5.56 Å². The van der Waals surface area contributed by atoms with Crippen molar-refractivity contribution in [1.82, 2.24) is 4.98 Å². The molecule has 2 heterocycles. The third-order valence-electron chi connectivity index (χ3n) is 4.72. The van der Waals surface area contributed by atoms with Crippen LogP contribution in [0.4, 0.5) is 5.82 Å². The molecular formula is C21H20N2O2. The van der Waals surface area contributed by atoms with Crippen molar-refractivity contribution >= 4 is 22.6 Å². The van der Waals surface area contributed by atoms with Crippen LogP contribution in [0.3, 0.4) is 0 Å². The van der Waals surface area contributed by atoms with Gasteiger partial charge in [-0.3, -0.25) is 9.69 Å². The molecule has 0 radical (unpaired) electrons. The number of hydrogen-bond donors (Lipinski definition) is 0. The number of ether oxygens (including phenoxy) is 1. The third-order valence-corrected chi connectivity index (χ3v) is 4.72. The van der Waals surface area contributed by atoms with Gasteiger partial charge in [0.25, 0.3) is 0 Å². The number of aromatic nitrogens is 1. The molecule has 4 heteroatoms. The van der Waals surface area contributed by atoms with Gasteiger partial charge < -0.3 is 4.74 Å². The third kappa shape index (κ3) is 2.95. The molecule has 0 saturated carbocycles. The minimum atomic E-state index is 0.129. The summed E-state index contributed by atoms with van der Waals surface area (Å²) in [6, 6.07) is 18.1. The number of para-hydroxylation sites is 1. The molecule has 0 bridgehead atoms. The number of amides is 1. The van der Waals surface area contributed by atoms with Gasteiger partial charge in [0, 0.05) is 18.4 Å². The quantitative estimate of drug-likeness (QED) is 0.730. The number of benzene rings is 2. The predicted octanol–water partition coefficient (Wildman–Crippen LogP) is 3.77. The Morgan fingerprint density at radius 3 is 2.80 bits per heavy atom. The molecule has 0 spiro atoms. The molecule has 4 rings (SSSR count). The van der Waals surface area contributed by atoms with Gasteiger partial charge in [0.05, 0.1) is 7.11 Å². The van der Waals surface area contributed by atoms with Crippen molar-refractivity contribution in [3.05, 3.63) is 65.7 Å². The van der Waals surface area contributed by atoms with E-state index in [-0.39, 0.29) is 5.91 Å². The first-order valence-corrected chi connectivity index (χ1v) is 8.57. The Morgan fingerprint density at radius 2 is 2.00 bits per heavy atom. The maximum absolute atomic E-state index is 12.7. The van der Waals surface area contributed by atoms with Gasteiger partial charge >= 0.3 is 0 Å². The minimum Gasteiger partial charge on any atom is -0.494 e. The first-order valence-electron chi connectivity index (χ1n) is 8.57. The summed E-state index contributed by atoms with van der Waals surface area (Å²) in [7, 11) is 1.65. The van der Waals surface area contributed by atoms with Crippen LogP contribution in [-0.4, -0.2) is 24.5 Å². The molecule has 2 aromatic carbocycles. The number of anilines is 1. The lowest BCUT2D eigenvalue weighted by Crippen LogP contribution is -2.29. The van der Waals surface area contributed by atoms with Crippen molar-refractivity contribution in [3.8, 4) is 5.75 Å². The van der Waals surface area contributed by atoms with Crippen LogP contribution in [0.1, 0.15) is 17.5 Å². The monoisotopic (exact) mass is 332 g/mol. The van der Waals surface area contributed by atoms with Crippen LogP contribution in [0.5, 0.6) is 5.75 Å². The Balaban J connectivity index is 1.60. The molecule has 1 aromatic heterocycles. The standard InChI is InChI=1S/C21H20N2O2/c1-25-18-9-5-8-16-14-17-12-13-23(21(17)22-20(16)18)19(24)11-10-15-6-3-2-4-7-15/h2-9,14H,10-13H2,1H3. The van der Waals surface area contributed by atoms with Crippen LogP contribution >= 0.6 is 0 Å². The number of nitrogens with zero attached hydrogens (tertiary/aromatic N) is 2. The van der Waals surface area contributed by atoms with E-state index in [1.54, 1.807) is 7.11 Å². The zero-order valence-corrected chi connectivity index (χ0v) is 14.2. The second-order valence-electron chi connectivity index (χ2n) is 6.28. The normalized spacial score (nSPS) is 13.1. The van der Waals surface area contributed by atoms with Gasteiger partial charge in [-0.05, 0) is 36.1 Å². The van der Waals surface area contributed by atoms with E-state index in [1.807, 2.05) is 41.3 Å². The summed E-state index contributed by atoms with van der Waals surface area (Å²) in [4.78, 5) is 19.3. The van der Waals surface area contributed by atoms with Gasteiger partial charge in [0.1, 0.15) is 17.1 Å². The SMILES string of the molecule is COc1cccc2cc3c(nc12)N(C(=O)CCc1ccccc1)CC3. The minimum absolute atomic E-state index is 0.129. The van der Waals surface area contributed by atoms with Gasteiger partial charge in [0.2, 0.25) is 5.91 Å². The van der Waals surface area contributed by atoms with E-state index in [0.29, 0.717) is 13.0 Å². The molecule has 0 fully saturated rings. The average molecular weight is 332 g/mol. The Bertz CT molecular complexity index is 922. The van der Waals surface area contributed by atoms with Crippen molar-refractivity contribution in [2.75, 3.05) is 18.6 Å². The highest BCUT2D eigenvalue weighted by Gasteiger charge is 2.26. The predicted molar refractivity (Wildman–Crippen MR) is 99.1 cm³/mol. The summed E-state index contributed by atoms with van der Waals surface area (Å²) in [5.74, 6) is 1.66. The summed E-state index contributed by atoms with van der Waals surface area (Å²) in [6.07, 6.45) is 2.10. The fraction of sp³-hybridized carbons (Fsp3) is 0.238. The molecule has 1 aliphatic heterocycles. The van der Waals surface area contributed by atoms with Crippen LogP contribution in [0.15, 0.2) is 54.6 Å². The lowest BCUT2D eigenvalue weighted by atomic mass is 10.1. The highest BCUT2D eigenvalue weighted by atomic mass is 16.5. The zero-order valence-electron chi connectivity index (χ0n) is 14.2. The molecule has 0 saturated heterocycles. The van der Waals surface area contributed by atoms with Gasteiger partial charge in [-0.25, -0.2) is 4.98 Å². The molecule has 126 valence electrons. The fourth-order valence-electron chi connectivity index (χ4n) is 3.40. The van der Waals surface area contributed by atoms with Gasteiger partial charge in [-0.15, -0.1) is 0 Å². The second-order valence-corrected chi connectivity index (χ2v) is 6.28. The molecule has 0 aliphatic carbocycles. The number of methoxy groups -OCH3 is 1. The Labute approximate surface area is 147 Å². The van der Waals surface area contributed by atoms with Crippen molar-refractivity contribution in [2.45, 2.75) is 19.3 Å². The highest BCUT2D eigenvalue weighted by molar-refractivity contribution is 5.97. The van der Waals surface area contributed by atoms with Crippen molar-refractivity contribution in [3.63, 3.8) is 0 Å². The molecule has 25 heavy (non-hydrogen) atoms. The number of rotatable bonds is 4. The first kappa shape index (κ1) is 15.6. The second kappa shape index (κ2) is 6.55. The maximum Gasteiger partial charge on any atom is 0.228 e. The maximum atomic E-state index is 12.7. The van der Waals surface area contributed by atoms with Crippen LogP contribution in [0, 0.1) is 0 Å². The largest absolute Gasteiger partial charge is 0.494 e.